The number of hydrogen-bond donors (Lipinski definition) is 1. The van der Waals surface area contributed by atoms with Gasteiger partial charge in [0.05, 0.1) is 0 Å². The van der Waals surface area contributed by atoms with E-state index < -0.39 is 0 Å². The van der Waals surface area contributed by atoms with E-state index in [9.17, 15) is 4.79 Å². The summed E-state index contributed by atoms with van der Waals surface area (Å²) in [6.45, 7) is 4.39. The lowest BCUT2D eigenvalue weighted by Gasteiger charge is -2.14. The summed E-state index contributed by atoms with van der Waals surface area (Å²) in [6, 6.07) is 2.98. The molecule has 0 fully saturated rings. The highest BCUT2D eigenvalue weighted by Gasteiger charge is 2.08. The van der Waals surface area contributed by atoms with Gasteiger partial charge < -0.3 is 10.2 Å². The summed E-state index contributed by atoms with van der Waals surface area (Å²) in [5.74, 6) is -0.194. The van der Waals surface area contributed by atoms with E-state index in [0.29, 0.717) is 12.1 Å². The van der Waals surface area contributed by atoms with Crippen LogP contribution in [0.4, 0.5) is 0 Å². The predicted molar refractivity (Wildman–Crippen MR) is 69.8 cm³/mol. The molecule has 0 spiro atoms. The van der Waals surface area contributed by atoms with Gasteiger partial charge in [0.2, 0.25) is 0 Å². The molecule has 1 heterocycles. The fourth-order valence-electron chi connectivity index (χ4n) is 1.22. The first-order valence-electron chi connectivity index (χ1n) is 5.32. The number of rotatable bonds is 5. The molecule has 0 aliphatic carbocycles. The molecule has 1 N–H and O–H groups in total. The monoisotopic (exact) mass is 275 g/mol. The maximum atomic E-state index is 11.7. The van der Waals surface area contributed by atoms with Crippen LogP contribution in [-0.2, 0) is 0 Å². The van der Waals surface area contributed by atoms with Crippen LogP contribution in [-0.4, -0.2) is 42.5 Å². The Balaban J connectivity index is 2.52. The molecule has 0 unspecified atom stereocenters. The Bertz CT molecular complexity index is 378. The molecule has 0 atom stereocenters. The molecule has 6 heteroatoms. The SMILES string of the molecule is CCN(C)CCNC(=O)c1cc(Cl)nc(Cl)c1. The molecule has 1 amide bonds. The van der Waals surface area contributed by atoms with Gasteiger partial charge in [-0.1, -0.05) is 30.1 Å². The number of aromatic nitrogens is 1. The second kappa shape index (κ2) is 6.79. The number of halogens is 2. The standard InChI is InChI=1S/C11H15Cl2N3O/c1-3-16(2)5-4-14-11(17)8-6-9(12)15-10(13)7-8/h6-7H,3-5H2,1-2H3,(H,14,17). The average Bonchev–Trinajstić information content (AvgIpc) is 2.27. The van der Waals surface area contributed by atoms with Gasteiger partial charge in [-0.15, -0.1) is 0 Å². The van der Waals surface area contributed by atoms with Crippen LogP contribution >= 0.6 is 23.2 Å². The van der Waals surface area contributed by atoms with Gasteiger partial charge in [0, 0.05) is 18.7 Å². The minimum Gasteiger partial charge on any atom is -0.351 e. The largest absolute Gasteiger partial charge is 0.351 e. The van der Waals surface area contributed by atoms with Gasteiger partial charge in [0.15, 0.2) is 0 Å². The number of amides is 1. The molecule has 0 saturated carbocycles. The van der Waals surface area contributed by atoms with Crippen molar-refractivity contribution in [3.8, 4) is 0 Å². The van der Waals surface area contributed by atoms with Crippen molar-refractivity contribution in [2.45, 2.75) is 6.92 Å². The van der Waals surface area contributed by atoms with Crippen molar-refractivity contribution in [3.05, 3.63) is 28.0 Å². The number of carbonyl (C=O) groups excluding carboxylic acids is 1. The summed E-state index contributed by atoms with van der Waals surface area (Å²) in [7, 11) is 1.99. The third-order valence-electron chi connectivity index (χ3n) is 2.34. The number of nitrogens with zero attached hydrogens (tertiary/aromatic N) is 2. The zero-order valence-electron chi connectivity index (χ0n) is 9.83. The van der Waals surface area contributed by atoms with Crippen LogP contribution in [0.3, 0.4) is 0 Å². The van der Waals surface area contributed by atoms with Gasteiger partial charge in [-0.2, -0.15) is 0 Å². The quantitative estimate of drug-likeness (QED) is 0.837. The van der Waals surface area contributed by atoms with Gasteiger partial charge in [-0.3, -0.25) is 4.79 Å². The van der Waals surface area contributed by atoms with E-state index in [1.807, 2.05) is 7.05 Å². The van der Waals surface area contributed by atoms with Crippen LogP contribution in [0.25, 0.3) is 0 Å². The van der Waals surface area contributed by atoms with Crippen molar-refractivity contribution in [1.29, 1.82) is 0 Å². The molecule has 4 nitrogen and oxygen atoms in total. The first kappa shape index (κ1) is 14.2. The topological polar surface area (TPSA) is 45.2 Å². The number of carbonyl (C=O) groups is 1. The van der Waals surface area contributed by atoms with Crippen LogP contribution in [0.1, 0.15) is 17.3 Å². The third kappa shape index (κ3) is 4.89. The van der Waals surface area contributed by atoms with Gasteiger partial charge in [0.25, 0.3) is 5.91 Å². The van der Waals surface area contributed by atoms with Gasteiger partial charge in [-0.05, 0) is 25.7 Å². The minimum absolute atomic E-state index is 0.194. The molecule has 94 valence electrons. The first-order valence-corrected chi connectivity index (χ1v) is 6.08. The summed E-state index contributed by atoms with van der Waals surface area (Å²) >= 11 is 11.4. The van der Waals surface area contributed by atoms with E-state index >= 15 is 0 Å². The second-order valence-corrected chi connectivity index (χ2v) is 4.43. The lowest BCUT2D eigenvalue weighted by Crippen LogP contribution is -2.32. The Kier molecular flexibility index (Phi) is 5.68. The van der Waals surface area contributed by atoms with E-state index in [4.69, 9.17) is 23.2 Å². The Labute approximate surface area is 111 Å². The first-order chi connectivity index (χ1) is 8.02. The molecule has 1 rings (SSSR count). The molecular formula is C11H15Cl2N3O. The summed E-state index contributed by atoms with van der Waals surface area (Å²) in [5, 5.41) is 3.23. The summed E-state index contributed by atoms with van der Waals surface area (Å²) in [6.07, 6.45) is 0. The smallest absolute Gasteiger partial charge is 0.251 e. The molecule has 0 bridgehead atoms. The molecule has 17 heavy (non-hydrogen) atoms. The number of pyridine rings is 1. The summed E-state index contributed by atoms with van der Waals surface area (Å²) in [4.78, 5) is 17.6. The number of likely N-dealkylation sites (N-methyl/N-ethyl adjacent to an activating group) is 1. The van der Waals surface area contributed by atoms with Crippen molar-refractivity contribution in [3.63, 3.8) is 0 Å². The molecule has 1 aromatic rings. The van der Waals surface area contributed by atoms with Gasteiger partial charge >= 0.3 is 0 Å². The maximum absolute atomic E-state index is 11.7. The highest BCUT2D eigenvalue weighted by molar-refractivity contribution is 6.33. The fraction of sp³-hybridized carbons (Fsp3) is 0.455. The highest BCUT2D eigenvalue weighted by atomic mass is 35.5. The molecular weight excluding hydrogens is 261 g/mol. The summed E-state index contributed by atoms with van der Waals surface area (Å²) < 4.78 is 0. The van der Waals surface area contributed by atoms with Crippen molar-refractivity contribution in [2.75, 3.05) is 26.7 Å². The Morgan fingerprint density at radius 1 is 1.41 bits per heavy atom. The fourth-order valence-corrected chi connectivity index (χ4v) is 1.68. The van der Waals surface area contributed by atoms with Crippen molar-refractivity contribution >= 4 is 29.1 Å². The Morgan fingerprint density at radius 2 is 2.00 bits per heavy atom. The second-order valence-electron chi connectivity index (χ2n) is 3.65. The Hall–Kier alpha value is -0.840. The van der Waals surface area contributed by atoms with E-state index in [2.05, 4.69) is 22.1 Å². The molecule has 0 aliphatic heterocycles. The van der Waals surface area contributed by atoms with Crippen molar-refractivity contribution in [2.24, 2.45) is 0 Å². The normalized spacial score (nSPS) is 10.6. The lowest BCUT2D eigenvalue weighted by atomic mass is 10.2. The molecule has 0 saturated heterocycles. The summed E-state index contributed by atoms with van der Waals surface area (Å²) in [5.41, 5.74) is 0.425. The zero-order valence-corrected chi connectivity index (χ0v) is 11.3. The van der Waals surface area contributed by atoms with E-state index in [0.717, 1.165) is 13.1 Å². The predicted octanol–water partition coefficient (Wildman–Crippen LogP) is 2.07. The van der Waals surface area contributed by atoms with E-state index in [-0.39, 0.29) is 16.2 Å². The van der Waals surface area contributed by atoms with Crippen LogP contribution in [0.15, 0.2) is 12.1 Å². The highest BCUT2D eigenvalue weighted by Crippen LogP contribution is 2.14. The molecule has 1 aromatic heterocycles. The van der Waals surface area contributed by atoms with Gasteiger partial charge in [-0.25, -0.2) is 4.98 Å². The minimum atomic E-state index is -0.194. The average molecular weight is 276 g/mol. The van der Waals surface area contributed by atoms with Crippen LogP contribution in [0.5, 0.6) is 0 Å². The molecule has 0 radical (unpaired) electrons. The molecule has 0 aromatic carbocycles. The van der Waals surface area contributed by atoms with Crippen molar-refractivity contribution < 1.29 is 4.79 Å². The van der Waals surface area contributed by atoms with Crippen molar-refractivity contribution in [1.82, 2.24) is 15.2 Å². The van der Waals surface area contributed by atoms with Crippen LogP contribution in [0.2, 0.25) is 10.3 Å². The molecule has 0 aliphatic rings. The van der Waals surface area contributed by atoms with E-state index in [1.165, 1.54) is 12.1 Å². The number of hydrogen-bond acceptors (Lipinski definition) is 3. The Morgan fingerprint density at radius 3 is 2.53 bits per heavy atom. The maximum Gasteiger partial charge on any atom is 0.251 e. The van der Waals surface area contributed by atoms with E-state index in [1.54, 1.807) is 0 Å². The zero-order chi connectivity index (χ0) is 12.8. The third-order valence-corrected chi connectivity index (χ3v) is 2.73. The lowest BCUT2D eigenvalue weighted by molar-refractivity contribution is 0.0950. The van der Waals surface area contributed by atoms with Crippen LogP contribution in [0, 0.1) is 0 Å². The van der Waals surface area contributed by atoms with Gasteiger partial charge in [0.1, 0.15) is 10.3 Å². The van der Waals surface area contributed by atoms with Crippen LogP contribution < -0.4 is 5.32 Å². The number of nitrogens with one attached hydrogen (secondary N) is 1.